The summed E-state index contributed by atoms with van der Waals surface area (Å²) < 4.78 is 21.0. The fourth-order valence-electron chi connectivity index (χ4n) is 2.15. The molecule has 2 aromatic rings. The van der Waals surface area contributed by atoms with Crippen LogP contribution in [0.15, 0.2) is 12.7 Å². The molecule has 2 aromatic heterocycles. The number of alkyl halides is 1. The second kappa shape index (κ2) is 4.60. The molecule has 0 amide bonds. The Morgan fingerprint density at radius 1 is 1.53 bits per heavy atom. The van der Waals surface area contributed by atoms with Crippen LogP contribution < -0.4 is 0 Å². The van der Waals surface area contributed by atoms with Crippen LogP contribution in [-0.4, -0.2) is 54.7 Å². The number of nitrogens with zero attached hydrogens (tertiary/aromatic N) is 3. The first-order valence-electron chi connectivity index (χ1n) is 5.62. The Morgan fingerprint density at radius 2 is 2.32 bits per heavy atom. The number of hydrogen-bond acceptors (Lipinski definition) is 6. The molecule has 3 heterocycles. The standard InChI is InChI=1S/C10H11FN4O3S/c11-5-7(17)4(1-16)18-10(5)15-3-14-6-8(15)12-2-13-9(6)19/h2-5,7,10,16-17H,1H2,(H,12,13,19)/t4-,5-,7-,10-/m1/s1. The number of imidazole rings is 1. The number of nitrogens with one attached hydrogen (secondary N) is 1. The van der Waals surface area contributed by atoms with Crippen molar-refractivity contribution in [2.24, 2.45) is 0 Å². The molecule has 0 radical (unpaired) electrons. The Hall–Kier alpha value is -1.42. The van der Waals surface area contributed by atoms with Crippen LogP contribution >= 0.6 is 12.2 Å². The molecule has 3 rings (SSSR count). The lowest BCUT2D eigenvalue weighted by Crippen LogP contribution is -2.30. The Bertz CT molecular complexity index is 660. The Labute approximate surface area is 111 Å². The summed E-state index contributed by atoms with van der Waals surface area (Å²) in [5.74, 6) is 0. The van der Waals surface area contributed by atoms with Gasteiger partial charge in [-0.3, -0.25) is 4.57 Å². The monoisotopic (exact) mass is 286 g/mol. The van der Waals surface area contributed by atoms with E-state index in [9.17, 15) is 9.50 Å². The van der Waals surface area contributed by atoms with Gasteiger partial charge in [-0.05, 0) is 0 Å². The highest BCUT2D eigenvalue weighted by atomic mass is 32.1. The maximum Gasteiger partial charge on any atom is 0.173 e. The van der Waals surface area contributed by atoms with E-state index in [0.29, 0.717) is 15.8 Å². The highest BCUT2D eigenvalue weighted by molar-refractivity contribution is 7.71. The van der Waals surface area contributed by atoms with Gasteiger partial charge in [0.25, 0.3) is 0 Å². The van der Waals surface area contributed by atoms with Gasteiger partial charge < -0.3 is 19.9 Å². The number of halogens is 1. The SMILES string of the molecule is OC[C@H]1O[C@@H](n2cnc3c(=S)nc[nH]c32)[C@H](F)[C@@H]1O. The van der Waals surface area contributed by atoms with Crippen LogP contribution in [0.3, 0.4) is 0 Å². The predicted octanol–water partition coefficient (Wildman–Crippen LogP) is 0.0776. The minimum atomic E-state index is -1.66. The first-order chi connectivity index (χ1) is 9.13. The van der Waals surface area contributed by atoms with Crippen LogP contribution in [0.5, 0.6) is 0 Å². The van der Waals surface area contributed by atoms with Crippen molar-refractivity contribution in [3.05, 3.63) is 17.3 Å². The molecule has 0 bridgehead atoms. The van der Waals surface area contributed by atoms with Crippen molar-refractivity contribution in [1.82, 2.24) is 19.5 Å². The van der Waals surface area contributed by atoms with E-state index in [1.807, 2.05) is 0 Å². The molecular weight excluding hydrogens is 275 g/mol. The maximum atomic E-state index is 14.0. The molecule has 0 aliphatic carbocycles. The summed E-state index contributed by atoms with van der Waals surface area (Å²) in [5, 5.41) is 18.6. The van der Waals surface area contributed by atoms with Crippen LogP contribution in [0.1, 0.15) is 6.23 Å². The van der Waals surface area contributed by atoms with Crippen molar-refractivity contribution in [3.63, 3.8) is 0 Å². The van der Waals surface area contributed by atoms with E-state index in [2.05, 4.69) is 15.0 Å². The average Bonchev–Trinajstić information content (AvgIpc) is 2.94. The fraction of sp³-hybridized carbons (Fsp3) is 0.500. The topological polar surface area (TPSA) is 96.2 Å². The molecule has 9 heteroatoms. The van der Waals surface area contributed by atoms with Gasteiger partial charge in [0.2, 0.25) is 0 Å². The third kappa shape index (κ3) is 1.86. The van der Waals surface area contributed by atoms with Crippen molar-refractivity contribution in [1.29, 1.82) is 0 Å². The molecule has 3 N–H and O–H groups in total. The third-order valence-corrected chi connectivity index (χ3v) is 3.43. The Balaban J connectivity index is 2.06. The highest BCUT2D eigenvalue weighted by Crippen LogP contribution is 2.33. The van der Waals surface area contributed by atoms with Gasteiger partial charge in [-0.2, -0.15) is 0 Å². The van der Waals surface area contributed by atoms with E-state index in [1.165, 1.54) is 17.2 Å². The molecule has 0 saturated carbocycles. The first kappa shape index (κ1) is 12.6. The summed E-state index contributed by atoms with van der Waals surface area (Å²) in [6.07, 6.45) is -2.32. The van der Waals surface area contributed by atoms with Crippen molar-refractivity contribution in [3.8, 4) is 0 Å². The molecule has 7 nitrogen and oxygen atoms in total. The smallest absolute Gasteiger partial charge is 0.173 e. The molecule has 0 spiro atoms. The molecule has 1 aliphatic heterocycles. The van der Waals surface area contributed by atoms with E-state index in [4.69, 9.17) is 22.1 Å². The Morgan fingerprint density at radius 3 is 3.00 bits per heavy atom. The van der Waals surface area contributed by atoms with Crippen molar-refractivity contribution in [2.75, 3.05) is 6.61 Å². The average molecular weight is 286 g/mol. The van der Waals surface area contributed by atoms with Gasteiger partial charge in [-0.25, -0.2) is 14.4 Å². The van der Waals surface area contributed by atoms with E-state index < -0.39 is 31.2 Å². The molecule has 1 fully saturated rings. The number of aromatic nitrogens is 4. The third-order valence-electron chi connectivity index (χ3n) is 3.13. The number of hydrogen-bond donors (Lipinski definition) is 3. The summed E-state index contributed by atoms with van der Waals surface area (Å²) in [6, 6.07) is 0. The normalized spacial score (nSPS) is 31.1. The zero-order chi connectivity index (χ0) is 13.6. The van der Waals surface area contributed by atoms with Crippen LogP contribution in [0.2, 0.25) is 0 Å². The van der Waals surface area contributed by atoms with Crippen LogP contribution in [0.4, 0.5) is 4.39 Å². The summed E-state index contributed by atoms with van der Waals surface area (Å²) in [5.41, 5.74) is 0.883. The lowest BCUT2D eigenvalue weighted by Gasteiger charge is -2.15. The molecule has 1 saturated heterocycles. The second-order valence-electron chi connectivity index (χ2n) is 4.24. The molecular formula is C10H11FN4O3S. The molecule has 0 aromatic carbocycles. The molecule has 102 valence electrons. The number of aliphatic hydroxyl groups excluding tert-OH is 2. The van der Waals surface area contributed by atoms with Gasteiger partial charge in [-0.15, -0.1) is 0 Å². The number of aliphatic hydroxyl groups is 2. The number of fused-ring (bicyclic) bond motifs is 1. The summed E-state index contributed by atoms with van der Waals surface area (Å²) in [4.78, 5) is 10.7. The van der Waals surface area contributed by atoms with Crippen LogP contribution in [-0.2, 0) is 4.74 Å². The van der Waals surface area contributed by atoms with Gasteiger partial charge >= 0.3 is 0 Å². The van der Waals surface area contributed by atoms with E-state index in [0.717, 1.165) is 0 Å². The van der Waals surface area contributed by atoms with Gasteiger partial charge in [0, 0.05) is 0 Å². The Kier molecular flexibility index (Phi) is 3.05. The number of aromatic amines is 1. The zero-order valence-electron chi connectivity index (χ0n) is 9.60. The van der Waals surface area contributed by atoms with E-state index >= 15 is 0 Å². The van der Waals surface area contributed by atoms with Gasteiger partial charge in [0.05, 0.1) is 19.3 Å². The number of rotatable bonds is 2. The van der Waals surface area contributed by atoms with Gasteiger partial charge in [0.1, 0.15) is 23.4 Å². The minimum Gasteiger partial charge on any atom is -0.394 e. The van der Waals surface area contributed by atoms with Gasteiger partial charge in [-0.1, -0.05) is 12.2 Å². The molecule has 0 unspecified atom stereocenters. The van der Waals surface area contributed by atoms with E-state index in [1.54, 1.807) is 0 Å². The lowest BCUT2D eigenvalue weighted by molar-refractivity contribution is -0.0459. The van der Waals surface area contributed by atoms with Gasteiger partial charge in [0.15, 0.2) is 17.0 Å². The molecule has 1 aliphatic rings. The summed E-state index contributed by atoms with van der Waals surface area (Å²) in [7, 11) is 0. The minimum absolute atomic E-state index is 0.292. The van der Waals surface area contributed by atoms with Crippen molar-refractivity contribution >= 4 is 23.4 Å². The second-order valence-corrected chi connectivity index (χ2v) is 4.63. The van der Waals surface area contributed by atoms with Crippen LogP contribution in [0.25, 0.3) is 11.2 Å². The van der Waals surface area contributed by atoms with E-state index in [-0.39, 0.29) is 0 Å². The van der Waals surface area contributed by atoms with Crippen molar-refractivity contribution < 1.29 is 19.3 Å². The highest BCUT2D eigenvalue weighted by Gasteiger charge is 2.45. The summed E-state index contributed by atoms with van der Waals surface area (Å²) in [6.45, 7) is -0.456. The maximum absolute atomic E-state index is 14.0. The zero-order valence-corrected chi connectivity index (χ0v) is 10.4. The largest absolute Gasteiger partial charge is 0.394 e. The summed E-state index contributed by atoms with van der Waals surface area (Å²) >= 11 is 5.01. The van der Waals surface area contributed by atoms with Crippen molar-refractivity contribution in [2.45, 2.75) is 24.6 Å². The lowest BCUT2D eigenvalue weighted by atomic mass is 10.1. The number of ether oxygens (including phenoxy) is 1. The molecule has 4 atom stereocenters. The van der Waals surface area contributed by atoms with Crippen LogP contribution in [0, 0.1) is 4.64 Å². The quantitative estimate of drug-likeness (QED) is 0.677. The fourth-order valence-corrected chi connectivity index (χ4v) is 2.35. The molecule has 19 heavy (non-hydrogen) atoms. The predicted molar refractivity (Wildman–Crippen MR) is 64.6 cm³/mol. The number of H-pyrrole nitrogens is 1. The first-order valence-corrected chi connectivity index (χ1v) is 6.03.